The van der Waals surface area contributed by atoms with E-state index in [1.54, 1.807) is 21.0 Å². The Bertz CT molecular complexity index is 590. The van der Waals surface area contributed by atoms with Crippen LogP contribution in [0.25, 0.3) is 5.57 Å². The molecule has 0 bridgehead atoms. The van der Waals surface area contributed by atoms with Gasteiger partial charge in [-0.1, -0.05) is 12.1 Å². The lowest BCUT2D eigenvalue weighted by molar-refractivity contribution is -0.137. The monoisotopic (exact) mass is 328 g/mol. The first-order valence-electron chi connectivity index (χ1n) is 6.95. The van der Waals surface area contributed by atoms with Crippen LogP contribution in [-0.4, -0.2) is 37.4 Å². The molecule has 0 saturated carbocycles. The van der Waals surface area contributed by atoms with Gasteiger partial charge in [-0.15, -0.1) is 0 Å². The van der Waals surface area contributed by atoms with Crippen molar-refractivity contribution in [3.8, 4) is 0 Å². The maximum atomic E-state index is 12.5. The zero-order valence-electron chi connectivity index (χ0n) is 13.2. The summed E-state index contributed by atoms with van der Waals surface area (Å²) in [7, 11) is 3.25. The van der Waals surface area contributed by atoms with Gasteiger partial charge in [-0.25, -0.2) is 0 Å². The number of allylic oxidation sites excluding steroid dienone is 1. The van der Waals surface area contributed by atoms with Crippen LogP contribution in [0.15, 0.2) is 30.3 Å². The molecular weight excluding hydrogens is 309 g/mol. The van der Waals surface area contributed by atoms with Gasteiger partial charge in [-0.2, -0.15) is 13.2 Å². The topological polar surface area (TPSA) is 49.4 Å². The Morgan fingerprint density at radius 1 is 1.17 bits per heavy atom. The van der Waals surface area contributed by atoms with E-state index >= 15 is 0 Å². The molecule has 2 amide bonds. The average Bonchev–Trinajstić information content (AvgIpc) is 2.46. The Morgan fingerprint density at radius 2 is 1.74 bits per heavy atom. The van der Waals surface area contributed by atoms with Gasteiger partial charge in [0.05, 0.1) is 5.56 Å². The largest absolute Gasteiger partial charge is 0.416 e. The molecule has 0 saturated heterocycles. The summed E-state index contributed by atoms with van der Waals surface area (Å²) in [6.45, 7) is 1.83. The van der Waals surface area contributed by atoms with Crippen LogP contribution in [0, 0.1) is 0 Å². The second-order valence-electron chi connectivity index (χ2n) is 5.23. The summed E-state index contributed by atoms with van der Waals surface area (Å²) in [6, 6.07) is 4.58. The van der Waals surface area contributed by atoms with Crippen molar-refractivity contribution in [3.05, 3.63) is 41.5 Å². The van der Waals surface area contributed by atoms with E-state index in [1.165, 1.54) is 23.1 Å². The molecule has 126 valence electrons. The van der Waals surface area contributed by atoms with Crippen LogP contribution in [0.1, 0.15) is 24.5 Å². The summed E-state index contributed by atoms with van der Waals surface area (Å²) < 4.78 is 37.4. The maximum Gasteiger partial charge on any atom is 0.416 e. The smallest absolute Gasteiger partial charge is 0.352 e. The fourth-order valence-corrected chi connectivity index (χ4v) is 1.77. The number of benzene rings is 1. The quantitative estimate of drug-likeness (QED) is 0.845. The molecule has 23 heavy (non-hydrogen) atoms. The third kappa shape index (κ3) is 6.14. The molecule has 0 atom stereocenters. The Labute approximate surface area is 133 Å². The van der Waals surface area contributed by atoms with E-state index in [1.807, 2.05) is 0 Å². The van der Waals surface area contributed by atoms with E-state index in [-0.39, 0.29) is 18.9 Å². The molecule has 0 spiro atoms. The predicted octanol–water partition coefficient (Wildman–Crippen LogP) is 2.70. The summed E-state index contributed by atoms with van der Waals surface area (Å²) in [5, 5.41) is 2.56. The first-order chi connectivity index (χ1) is 10.6. The van der Waals surface area contributed by atoms with Gasteiger partial charge in [-0.05, 0) is 30.2 Å². The highest BCUT2D eigenvalue weighted by Crippen LogP contribution is 2.29. The third-order valence-corrected chi connectivity index (χ3v) is 3.15. The van der Waals surface area contributed by atoms with E-state index in [9.17, 15) is 22.8 Å². The van der Waals surface area contributed by atoms with Crippen LogP contribution in [-0.2, 0) is 15.8 Å². The number of amides is 2. The second kappa shape index (κ2) is 7.80. The molecule has 1 aromatic rings. The van der Waals surface area contributed by atoms with E-state index in [0.717, 1.165) is 12.1 Å². The molecule has 0 aliphatic rings. The maximum absolute atomic E-state index is 12.5. The number of hydrogen-bond acceptors (Lipinski definition) is 2. The van der Waals surface area contributed by atoms with Crippen molar-refractivity contribution in [2.45, 2.75) is 19.5 Å². The predicted molar refractivity (Wildman–Crippen MR) is 81.4 cm³/mol. The van der Waals surface area contributed by atoms with Crippen LogP contribution in [0.4, 0.5) is 13.2 Å². The fourth-order valence-electron chi connectivity index (χ4n) is 1.77. The van der Waals surface area contributed by atoms with Gasteiger partial charge >= 0.3 is 6.18 Å². The zero-order chi connectivity index (χ0) is 17.6. The lowest BCUT2D eigenvalue weighted by Crippen LogP contribution is -2.29. The van der Waals surface area contributed by atoms with E-state index in [0.29, 0.717) is 11.1 Å². The highest BCUT2D eigenvalue weighted by atomic mass is 19.4. The molecule has 0 unspecified atom stereocenters. The molecule has 4 nitrogen and oxygen atoms in total. The SMILES string of the molecule is C/C(=C/C(=O)NCCC(=O)N(C)C)c1ccc(C(F)(F)F)cc1. The second-order valence-corrected chi connectivity index (χ2v) is 5.23. The standard InChI is InChI=1S/C16H19F3N2O2/c1-11(10-14(22)20-9-8-15(23)21(2)3)12-4-6-13(7-5-12)16(17,18)19/h4-7,10H,8-9H2,1-3H3,(H,20,22)/b11-10-. The normalized spacial score (nSPS) is 12.0. The van der Waals surface area contributed by atoms with Crippen LogP contribution in [0.2, 0.25) is 0 Å². The number of nitrogens with zero attached hydrogens (tertiary/aromatic N) is 1. The number of nitrogens with one attached hydrogen (secondary N) is 1. The van der Waals surface area contributed by atoms with Gasteiger partial charge in [0, 0.05) is 33.1 Å². The molecule has 0 radical (unpaired) electrons. The Kier molecular flexibility index (Phi) is 6.36. The molecule has 1 N–H and O–H groups in total. The van der Waals surface area contributed by atoms with Crippen molar-refractivity contribution in [2.75, 3.05) is 20.6 Å². The Balaban J connectivity index is 2.62. The van der Waals surface area contributed by atoms with E-state index in [2.05, 4.69) is 5.32 Å². The van der Waals surface area contributed by atoms with Crippen LogP contribution >= 0.6 is 0 Å². The number of rotatable bonds is 5. The molecule has 0 aliphatic heterocycles. The van der Waals surface area contributed by atoms with Gasteiger partial charge in [0.2, 0.25) is 11.8 Å². The summed E-state index contributed by atoms with van der Waals surface area (Å²) >= 11 is 0. The molecule has 0 aliphatic carbocycles. The molecule has 0 fully saturated rings. The number of hydrogen-bond donors (Lipinski definition) is 1. The van der Waals surface area contributed by atoms with Gasteiger partial charge in [-0.3, -0.25) is 9.59 Å². The van der Waals surface area contributed by atoms with Crippen molar-refractivity contribution in [1.82, 2.24) is 10.2 Å². The van der Waals surface area contributed by atoms with Gasteiger partial charge in [0.15, 0.2) is 0 Å². The molecule has 7 heteroatoms. The van der Waals surface area contributed by atoms with Gasteiger partial charge < -0.3 is 10.2 Å². The van der Waals surface area contributed by atoms with E-state index in [4.69, 9.17) is 0 Å². The highest BCUT2D eigenvalue weighted by Gasteiger charge is 2.29. The molecule has 1 aromatic carbocycles. The van der Waals surface area contributed by atoms with Crippen LogP contribution < -0.4 is 5.32 Å². The zero-order valence-corrected chi connectivity index (χ0v) is 13.2. The molecule has 1 rings (SSSR count). The van der Waals surface area contributed by atoms with Crippen LogP contribution in [0.5, 0.6) is 0 Å². The first-order valence-corrected chi connectivity index (χ1v) is 6.95. The Hall–Kier alpha value is -2.31. The minimum atomic E-state index is -4.38. The van der Waals surface area contributed by atoms with Crippen LogP contribution in [0.3, 0.4) is 0 Å². The summed E-state index contributed by atoms with van der Waals surface area (Å²) in [4.78, 5) is 24.5. The number of carbonyl (C=O) groups is 2. The fraction of sp³-hybridized carbons (Fsp3) is 0.375. The minimum absolute atomic E-state index is 0.103. The van der Waals surface area contributed by atoms with Crippen molar-refractivity contribution in [1.29, 1.82) is 0 Å². The number of carbonyl (C=O) groups excluding carboxylic acids is 2. The number of halogens is 3. The van der Waals surface area contributed by atoms with Gasteiger partial charge in [0.25, 0.3) is 0 Å². The molecule has 0 aromatic heterocycles. The first kappa shape index (κ1) is 18.7. The van der Waals surface area contributed by atoms with Crippen molar-refractivity contribution < 1.29 is 22.8 Å². The van der Waals surface area contributed by atoms with Crippen molar-refractivity contribution in [2.24, 2.45) is 0 Å². The third-order valence-electron chi connectivity index (χ3n) is 3.15. The lowest BCUT2D eigenvalue weighted by atomic mass is 10.0. The Morgan fingerprint density at radius 3 is 2.22 bits per heavy atom. The average molecular weight is 328 g/mol. The highest BCUT2D eigenvalue weighted by molar-refractivity contribution is 5.95. The lowest BCUT2D eigenvalue weighted by Gasteiger charge is -2.10. The van der Waals surface area contributed by atoms with Crippen molar-refractivity contribution in [3.63, 3.8) is 0 Å². The minimum Gasteiger partial charge on any atom is -0.352 e. The summed E-state index contributed by atoms with van der Waals surface area (Å²) in [5.41, 5.74) is 0.327. The van der Waals surface area contributed by atoms with Gasteiger partial charge in [0.1, 0.15) is 0 Å². The van der Waals surface area contributed by atoms with E-state index < -0.39 is 17.6 Å². The van der Waals surface area contributed by atoms with Crippen molar-refractivity contribution >= 4 is 17.4 Å². The molecule has 0 heterocycles. The summed E-state index contributed by atoms with van der Waals surface area (Å²) in [5.74, 6) is -0.498. The molecular formula is C16H19F3N2O2. The summed E-state index contributed by atoms with van der Waals surface area (Å²) in [6.07, 6.45) is -2.90. The number of alkyl halides is 3.